The third-order valence-corrected chi connectivity index (χ3v) is 7.06. The number of imidazole rings is 1. The lowest BCUT2D eigenvalue weighted by Crippen LogP contribution is -2.40. The Labute approximate surface area is 181 Å². The van der Waals surface area contributed by atoms with Gasteiger partial charge in [0, 0.05) is 19.0 Å². The Morgan fingerprint density at radius 3 is 2.58 bits per heavy atom. The lowest BCUT2D eigenvalue weighted by molar-refractivity contribution is -0.122. The van der Waals surface area contributed by atoms with E-state index in [4.69, 9.17) is 10.7 Å². The first-order valence-electron chi connectivity index (χ1n) is 11.2. The molecule has 3 N–H and O–H groups in total. The quantitative estimate of drug-likeness (QED) is 0.684. The van der Waals surface area contributed by atoms with Crippen LogP contribution in [0.15, 0.2) is 24.3 Å². The molecule has 5 rings (SSSR count). The third-order valence-electron chi connectivity index (χ3n) is 7.06. The molecule has 7 nitrogen and oxygen atoms in total. The van der Waals surface area contributed by atoms with Gasteiger partial charge in [0.1, 0.15) is 11.9 Å². The molecule has 160 valence electrons. The summed E-state index contributed by atoms with van der Waals surface area (Å²) in [6.07, 6.45) is 3.56. The number of pyridine rings is 1. The molecule has 1 aromatic carbocycles. The number of piperidine rings is 2. The number of carbonyl (C=O) groups is 1. The number of rotatable bonds is 3. The van der Waals surface area contributed by atoms with Gasteiger partial charge in [-0.1, -0.05) is 12.1 Å². The summed E-state index contributed by atoms with van der Waals surface area (Å²) in [5.41, 5.74) is 11.3. The molecule has 2 aliphatic rings. The zero-order chi connectivity index (χ0) is 21.5. The highest BCUT2D eigenvalue weighted by molar-refractivity contribution is 5.86. The fraction of sp³-hybridized carbons (Fsp3) is 0.458. The number of nitrogens with one attached hydrogen (secondary N) is 1. The average molecular weight is 417 g/mol. The standard InChI is InChI=1S/C24H28N6O/c1-15-21(16-6-10-27-11-7-16)18(14-25)23-28-19-4-2-3-5-20(19)30(23)24(15)29-12-8-17(9-13-29)22(26)31/h2-5,16-17,27H,6-13H2,1H3,(H2,26,31). The Balaban J connectivity index is 1.75. The molecule has 0 unspecified atom stereocenters. The number of nitrogens with zero attached hydrogens (tertiary/aromatic N) is 4. The number of nitriles is 1. The fourth-order valence-electron chi connectivity index (χ4n) is 5.49. The summed E-state index contributed by atoms with van der Waals surface area (Å²) in [6.45, 7) is 5.63. The first-order valence-corrected chi connectivity index (χ1v) is 11.2. The second-order valence-corrected chi connectivity index (χ2v) is 8.80. The molecule has 2 fully saturated rings. The number of primary amides is 1. The highest BCUT2D eigenvalue weighted by Crippen LogP contribution is 2.40. The molecule has 0 spiro atoms. The number of amides is 1. The van der Waals surface area contributed by atoms with E-state index >= 15 is 0 Å². The molecule has 0 atom stereocenters. The number of anilines is 1. The van der Waals surface area contributed by atoms with Gasteiger partial charge < -0.3 is 16.0 Å². The Kier molecular flexibility index (Phi) is 5.03. The van der Waals surface area contributed by atoms with Crippen LogP contribution in [-0.2, 0) is 4.79 Å². The summed E-state index contributed by atoms with van der Waals surface area (Å²) in [7, 11) is 0. The van der Waals surface area contributed by atoms with E-state index in [0.717, 1.165) is 85.5 Å². The highest BCUT2D eigenvalue weighted by Gasteiger charge is 2.31. The van der Waals surface area contributed by atoms with Crippen LogP contribution in [-0.4, -0.2) is 41.5 Å². The zero-order valence-corrected chi connectivity index (χ0v) is 17.9. The molecule has 1 amide bonds. The van der Waals surface area contributed by atoms with Crippen LogP contribution in [0.5, 0.6) is 0 Å². The Morgan fingerprint density at radius 1 is 1.19 bits per heavy atom. The maximum atomic E-state index is 11.7. The summed E-state index contributed by atoms with van der Waals surface area (Å²) in [4.78, 5) is 19.0. The Hall–Kier alpha value is -3.11. The van der Waals surface area contributed by atoms with E-state index in [1.807, 2.05) is 18.2 Å². The molecule has 0 saturated carbocycles. The number of aromatic nitrogens is 2. The van der Waals surface area contributed by atoms with E-state index in [-0.39, 0.29) is 11.8 Å². The van der Waals surface area contributed by atoms with Crippen LogP contribution in [0, 0.1) is 24.2 Å². The first-order chi connectivity index (χ1) is 15.1. The molecule has 31 heavy (non-hydrogen) atoms. The minimum Gasteiger partial charge on any atom is -0.369 e. The SMILES string of the molecule is Cc1c(C2CCNCC2)c(C#N)c2nc3ccccc3n2c1N1CCC(C(N)=O)CC1. The van der Waals surface area contributed by atoms with E-state index in [2.05, 4.69) is 33.7 Å². The zero-order valence-electron chi connectivity index (χ0n) is 17.9. The van der Waals surface area contributed by atoms with Crippen molar-refractivity contribution < 1.29 is 4.79 Å². The van der Waals surface area contributed by atoms with E-state index in [1.165, 1.54) is 0 Å². The number of benzene rings is 1. The summed E-state index contributed by atoms with van der Waals surface area (Å²) in [5, 5.41) is 13.6. The minimum absolute atomic E-state index is 0.0613. The van der Waals surface area contributed by atoms with E-state index < -0.39 is 0 Å². The van der Waals surface area contributed by atoms with Gasteiger partial charge in [-0.05, 0) is 74.9 Å². The van der Waals surface area contributed by atoms with Crippen molar-refractivity contribution in [2.75, 3.05) is 31.1 Å². The molecule has 0 radical (unpaired) electrons. The normalized spacial score (nSPS) is 18.5. The minimum atomic E-state index is -0.204. The molecular weight excluding hydrogens is 388 g/mol. The maximum absolute atomic E-state index is 11.7. The van der Waals surface area contributed by atoms with E-state index in [9.17, 15) is 10.1 Å². The molecule has 2 aromatic heterocycles. The van der Waals surface area contributed by atoms with Crippen molar-refractivity contribution in [2.45, 2.75) is 38.5 Å². The topological polar surface area (TPSA) is 99.5 Å². The number of para-hydroxylation sites is 2. The van der Waals surface area contributed by atoms with Gasteiger partial charge in [-0.25, -0.2) is 4.98 Å². The van der Waals surface area contributed by atoms with E-state index in [0.29, 0.717) is 11.5 Å². The van der Waals surface area contributed by atoms with Crippen LogP contribution in [0.2, 0.25) is 0 Å². The summed E-state index contributed by atoms with van der Waals surface area (Å²) < 4.78 is 2.17. The van der Waals surface area contributed by atoms with Crippen LogP contribution >= 0.6 is 0 Å². The van der Waals surface area contributed by atoms with Crippen molar-refractivity contribution in [2.24, 2.45) is 11.7 Å². The van der Waals surface area contributed by atoms with Gasteiger partial charge in [-0.2, -0.15) is 5.26 Å². The third kappa shape index (κ3) is 3.22. The summed E-state index contributed by atoms with van der Waals surface area (Å²) in [5.74, 6) is 1.19. The Morgan fingerprint density at radius 2 is 1.90 bits per heavy atom. The van der Waals surface area contributed by atoms with Gasteiger partial charge in [-0.15, -0.1) is 0 Å². The van der Waals surface area contributed by atoms with Crippen molar-refractivity contribution in [3.63, 3.8) is 0 Å². The second kappa shape index (κ2) is 7.86. The van der Waals surface area contributed by atoms with Gasteiger partial charge in [0.2, 0.25) is 5.91 Å². The molecule has 4 heterocycles. The molecule has 0 bridgehead atoms. The van der Waals surface area contributed by atoms with Crippen molar-refractivity contribution >= 4 is 28.4 Å². The van der Waals surface area contributed by atoms with Crippen LogP contribution in [0.3, 0.4) is 0 Å². The van der Waals surface area contributed by atoms with Gasteiger partial charge in [-0.3, -0.25) is 9.20 Å². The molecule has 7 heteroatoms. The Bertz CT molecular complexity index is 1190. The predicted octanol–water partition coefficient (Wildman–Crippen LogP) is 2.84. The molecule has 2 aliphatic heterocycles. The molecule has 2 saturated heterocycles. The van der Waals surface area contributed by atoms with Gasteiger partial charge in [0.15, 0.2) is 5.65 Å². The van der Waals surface area contributed by atoms with Gasteiger partial charge in [0.25, 0.3) is 0 Å². The molecule has 0 aliphatic carbocycles. The number of nitrogens with two attached hydrogens (primary N) is 1. The largest absolute Gasteiger partial charge is 0.369 e. The molecular formula is C24H28N6O. The van der Waals surface area contributed by atoms with Crippen molar-refractivity contribution in [1.29, 1.82) is 5.26 Å². The predicted molar refractivity (Wildman–Crippen MR) is 121 cm³/mol. The van der Waals surface area contributed by atoms with Crippen LogP contribution in [0.1, 0.15) is 48.3 Å². The maximum Gasteiger partial charge on any atom is 0.220 e. The first kappa shape index (κ1) is 19.8. The lowest BCUT2D eigenvalue weighted by atomic mass is 9.84. The number of hydrogen-bond donors (Lipinski definition) is 2. The van der Waals surface area contributed by atoms with Crippen LogP contribution in [0.25, 0.3) is 16.7 Å². The number of carbonyl (C=O) groups excluding carboxylic acids is 1. The van der Waals surface area contributed by atoms with Gasteiger partial charge in [0.05, 0.1) is 16.6 Å². The van der Waals surface area contributed by atoms with Crippen LogP contribution in [0.4, 0.5) is 5.82 Å². The fourth-order valence-corrected chi connectivity index (χ4v) is 5.49. The second-order valence-electron chi connectivity index (χ2n) is 8.80. The highest BCUT2D eigenvalue weighted by atomic mass is 16.1. The molecule has 3 aromatic rings. The monoisotopic (exact) mass is 416 g/mol. The smallest absolute Gasteiger partial charge is 0.220 e. The number of hydrogen-bond acceptors (Lipinski definition) is 5. The summed E-state index contributed by atoms with van der Waals surface area (Å²) >= 11 is 0. The summed E-state index contributed by atoms with van der Waals surface area (Å²) in [6, 6.07) is 10.6. The number of fused-ring (bicyclic) bond motifs is 3. The van der Waals surface area contributed by atoms with E-state index in [1.54, 1.807) is 0 Å². The van der Waals surface area contributed by atoms with Crippen molar-refractivity contribution in [3.05, 3.63) is 41.0 Å². The average Bonchev–Trinajstić information content (AvgIpc) is 3.18. The van der Waals surface area contributed by atoms with Crippen molar-refractivity contribution in [1.82, 2.24) is 14.7 Å². The van der Waals surface area contributed by atoms with Crippen LogP contribution < -0.4 is 16.0 Å². The lowest BCUT2D eigenvalue weighted by Gasteiger charge is -2.35. The van der Waals surface area contributed by atoms with Gasteiger partial charge >= 0.3 is 0 Å². The van der Waals surface area contributed by atoms with Crippen molar-refractivity contribution in [3.8, 4) is 6.07 Å².